The minimum absolute atomic E-state index is 0.135. The summed E-state index contributed by atoms with van der Waals surface area (Å²) in [7, 11) is 0. The molecule has 100 valence electrons. The number of hydrogen-bond acceptors (Lipinski definition) is 3. The van der Waals surface area contributed by atoms with E-state index in [0.29, 0.717) is 6.61 Å². The molecule has 0 aliphatic heterocycles. The van der Waals surface area contributed by atoms with Crippen LogP contribution in [-0.2, 0) is 9.53 Å². The zero-order chi connectivity index (χ0) is 12.7. The molecule has 0 saturated heterocycles. The van der Waals surface area contributed by atoms with Crippen molar-refractivity contribution in [2.24, 2.45) is 11.8 Å². The molecule has 1 aliphatic carbocycles. The summed E-state index contributed by atoms with van der Waals surface area (Å²) in [5, 5.41) is 3.25. The second-order valence-electron chi connectivity index (χ2n) is 5.35. The molecule has 3 unspecified atom stereocenters. The molecule has 3 nitrogen and oxygen atoms in total. The van der Waals surface area contributed by atoms with Crippen molar-refractivity contribution in [2.75, 3.05) is 13.2 Å². The van der Waals surface area contributed by atoms with Crippen LogP contribution in [0.3, 0.4) is 0 Å². The lowest BCUT2D eigenvalue weighted by Crippen LogP contribution is -2.36. The zero-order valence-electron chi connectivity index (χ0n) is 11.5. The van der Waals surface area contributed by atoms with Gasteiger partial charge in [0.25, 0.3) is 0 Å². The van der Waals surface area contributed by atoms with Crippen molar-refractivity contribution in [3.8, 4) is 0 Å². The first-order chi connectivity index (χ1) is 8.13. The monoisotopic (exact) mass is 241 g/mol. The molecule has 1 N–H and O–H groups in total. The first-order valence-electron chi connectivity index (χ1n) is 7.03. The van der Waals surface area contributed by atoms with Gasteiger partial charge < -0.3 is 10.1 Å². The molecule has 3 heteroatoms. The molecule has 0 spiro atoms. The largest absolute Gasteiger partial charge is 0.465 e. The zero-order valence-corrected chi connectivity index (χ0v) is 11.5. The van der Waals surface area contributed by atoms with Gasteiger partial charge in [0, 0.05) is 0 Å². The molecule has 0 aromatic heterocycles. The van der Waals surface area contributed by atoms with E-state index < -0.39 is 0 Å². The van der Waals surface area contributed by atoms with E-state index in [-0.39, 0.29) is 12.0 Å². The van der Waals surface area contributed by atoms with E-state index in [2.05, 4.69) is 12.2 Å². The van der Waals surface area contributed by atoms with Crippen molar-refractivity contribution in [3.63, 3.8) is 0 Å². The van der Waals surface area contributed by atoms with Crippen molar-refractivity contribution in [2.45, 2.75) is 58.9 Å². The van der Waals surface area contributed by atoms with Crippen LogP contribution in [0.25, 0.3) is 0 Å². The number of ether oxygens (including phenoxy) is 1. The summed E-state index contributed by atoms with van der Waals surface area (Å²) >= 11 is 0. The summed E-state index contributed by atoms with van der Waals surface area (Å²) < 4.78 is 4.96. The van der Waals surface area contributed by atoms with E-state index in [1.54, 1.807) is 0 Å². The molecule has 0 amide bonds. The van der Waals surface area contributed by atoms with Gasteiger partial charge >= 0.3 is 5.97 Å². The molecule has 0 aromatic rings. The maximum absolute atomic E-state index is 11.4. The van der Waals surface area contributed by atoms with Gasteiger partial charge in [0.2, 0.25) is 0 Å². The van der Waals surface area contributed by atoms with Crippen LogP contribution in [0.5, 0.6) is 0 Å². The standard InChI is InChI=1S/C14H27NO2/c1-4-17-14(16)12(3)15-9-8-13-7-5-6-11(2)10-13/h11-13,15H,4-10H2,1-3H3. The van der Waals surface area contributed by atoms with Gasteiger partial charge in [0.1, 0.15) is 6.04 Å². The predicted octanol–water partition coefficient (Wildman–Crippen LogP) is 2.74. The third-order valence-electron chi connectivity index (χ3n) is 3.69. The van der Waals surface area contributed by atoms with Gasteiger partial charge in [-0.05, 0) is 45.1 Å². The summed E-state index contributed by atoms with van der Waals surface area (Å²) in [6.45, 7) is 7.46. The average Bonchev–Trinajstić information content (AvgIpc) is 2.29. The maximum atomic E-state index is 11.4. The van der Waals surface area contributed by atoms with Crippen LogP contribution in [0.15, 0.2) is 0 Å². The first-order valence-corrected chi connectivity index (χ1v) is 7.03. The Balaban J connectivity index is 2.12. The third-order valence-corrected chi connectivity index (χ3v) is 3.69. The lowest BCUT2D eigenvalue weighted by atomic mass is 9.81. The average molecular weight is 241 g/mol. The lowest BCUT2D eigenvalue weighted by molar-refractivity contribution is -0.145. The highest BCUT2D eigenvalue weighted by atomic mass is 16.5. The van der Waals surface area contributed by atoms with Crippen molar-refractivity contribution in [1.29, 1.82) is 0 Å². The van der Waals surface area contributed by atoms with Gasteiger partial charge in [-0.25, -0.2) is 0 Å². The topological polar surface area (TPSA) is 38.3 Å². The van der Waals surface area contributed by atoms with Crippen LogP contribution in [0.1, 0.15) is 52.9 Å². The maximum Gasteiger partial charge on any atom is 0.322 e. The molecule has 0 bridgehead atoms. The summed E-state index contributed by atoms with van der Waals surface area (Å²) in [5.41, 5.74) is 0. The molecule has 1 fully saturated rings. The van der Waals surface area contributed by atoms with E-state index >= 15 is 0 Å². The minimum Gasteiger partial charge on any atom is -0.465 e. The SMILES string of the molecule is CCOC(=O)C(C)NCCC1CCCC(C)C1. The minimum atomic E-state index is -0.170. The van der Waals surface area contributed by atoms with Gasteiger partial charge in [-0.15, -0.1) is 0 Å². The molecule has 1 aliphatic rings. The van der Waals surface area contributed by atoms with Crippen LogP contribution in [0.4, 0.5) is 0 Å². The number of carbonyl (C=O) groups excluding carboxylic acids is 1. The highest BCUT2D eigenvalue weighted by Crippen LogP contribution is 2.30. The molecular weight excluding hydrogens is 214 g/mol. The van der Waals surface area contributed by atoms with Crippen molar-refractivity contribution >= 4 is 5.97 Å². The Bertz CT molecular complexity index is 230. The molecule has 1 saturated carbocycles. The lowest BCUT2D eigenvalue weighted by Gasteiger charge is -2.27. The summed E-state index contributed by atoms with van der Waals surface area (Å²) in [4.78, 5) is 11.4. The van der Waals surface area contributed by atoms with Gasteiger partial charge in [-0.2, -0.15) is 0 Å². The van der Waals surface area contributed by atoms with Gasteiger partial charge in [0.05, 0.1) is 6.61 Å². The second kappa shape index (κ2) is 7.70. The number of hydrogen-bond donors (Lipinski definition) is 1. The fourth-order valence-corrected chi connectivity index (χ4v) is 2.68. The number of rotatable bonds is 6. The number of esters is 1. The van der Waals surface area contributed by atoms with E-state index in [0.717, 1.165) is 18.4 Å². The molecule has 0 aromatic carbocycles. The van der Waals surface area contributed by atoms with Crippen LogP contribution >= 0.6 is 0 Å². The molecule has 17 heavy (non-hydrogen) atoms. The summed E-state index contributed by atoms with van der Waals surface area (Å²) in [6.07, 6.45) is 6.67. The van der Waals surface area contributed by atoms with Gasteiger partial charge in [-0.3, -0.25) is 4.79 Å². The fourth-order valence-electron chi connectivity index (χ4n) is 2.68. The first kappa shape index (κ1) is 14.5. The fraction of sp³-hybridized carbons (Fsp3) is 0.929. The van der Waals surface area contributed by atoms with Crippen LogP contribution in [0.2, 0.25) is 0 Å². The molecule has 0 heterocycles. The Hall–Kier alpha value is -0.570. The van der Waals surface area contributed by atoms with E-state index in [1.165, 1.54) is 32.1 Å². The molecule has 3 atom stereocenters. The quantitative estimate of drug-likeness (QED) is 0.727. The van der Waals surface area contributed by atoms with Crippen LogP contribution in [0, 0.1) is 11.8 Å². The van der Waals surface area contributed by atoms with Crippen LogP contribution < -0.4 is 5.32 Å². The van der Waals surface area contributed by atoms with Crippen LogP contribution in [-0.4, -0.2) is 25.2 Å². The predicted molar refractivity (Wildman–Crippen MR) is 69.8 cm³/mol. The highest BCUT2D eigenvalue weighted by molar-refractivity contribution is 5.75. The van der Waals surface area contributed by atoms with Crippen molar-refractivity contribution in [3.05, 3.63) is 0 Å². The van der Waals surface area contributed by atoms with E-state index in [1.807, 2.05) is 13.8 Å². The Labute approximate surface area is 105 Å². The smallest absolute Gasteiger partial charge is 0.322 e. The molecular formula is C14H27NO2. The van der Waals surface area contributed by atoms with Gasteiger partial charge in [0.15, 0.2) is 0 Å². The number of carbonyl (C=O) groups is 1. The highest BCUT2D eigenvalue weighted by Gasteiger charge is 2.19. The van der Waals surface area contributed by atoms with E-state index in [9.17, 15) is 4.79 Å². The van der Waals surface area contributed by atoms with Crippen molar-refractivity contribution < 1.29 is 9.53 Å². The Morgan fingerprint density at radius 2 is 2.24 bits per heavy atom. The summed E-state index contributed by atoms with van der Waals surface area (Å²) in [6, 6.07) is -0.170. The third kappa shape index (κ3) is 5.53. The Morgan fingerprint density at radius 1 is 1.47 bits per heavy atom. The summed E-state index contributed by atoms with van der Waals surface area (Å²) in [5.74, 6) is 1.60. The van der Waals surface area contributed by atoms with Gasteiger partial charge in [-0.1, -0.05) is 26.2 Å². The van der Waals surface area contributed by atoms with Crippen molar-refractivity contribution in [1.82, 2.24) is 5.32 Å². The van der Waals surface area contributed by atoms with E-state index in [4.69, 9.17) is 4.74 Å². The second-order valence-corrected chi connectivity index (χ2v) is 5.35. The molecule has 1 rings (SSSR count). The Kier molecular flexibility index (Phi) is 6.56. The normalized spacial score (nSPS) is 26.5. The Morgan fingerprint density at radius 3 is 2.88 bits per heavy atom. The molecule has 0 radical (unpaired) electrons. The number of nitrogens with one attached hydrogen (secondary N) is 1.